The minimum absolute atomic E-state index is 0.115. The Morgan fingerprint density at radius 3 is 2.39 bits per heavy atom. The number of benzene rings is 2. The molecule has 1 aromatic heterocycles. The molecule has 3 aromatic rings. The Labute approximate surface area is 175 Å². The van der Waals surface area contributed by atoms with Crippen LogP contribution in [0.3, 0.4) is 0 Å². The molecule has 0 unspecified atom stereocenters. The lowest BCUT2D eigenvalue weighted by atomic mass is 10.1. The van der Waals surface area contributed by atoms with E-state index in [2.05, 4.69) is 0 Å². The highest BCUT2D eigenvalue weighted by Gasteiger charge is 2.13. The van der Waals surface area contributed by atoms with Gasteiger partial charge in [-0.2, -0.15) is 10.5 Å². The summed E-state index contributed by atoms with van der Waals surface area (Å²) in [5.41, 5.74) is 2.84. The Kier molecular flexibility index (Phi) is 5.72. The first-order valence-corrected chi connectivity index (χ1v) is 9.73. The number of halogens is 2. The van der Waals surface area contributed by atoms with Crippen molar-refractivity contribution in [3.8, 4) is 17.8 Å². The summed E-state index contributed by atoms with van der Waals surface area (Å²) in [5, 5.41) is 19.5. The number of thiazole rings is 1. The van der Waals surface area contributed by atoms with Gasteiger partial charge in [0, 0.05) is 0 Å². The number of aromatic nitrogens is 1. The van der Waals surface area contributed by atoms with Crippen LogP contribution in [0, 0.1) is 36.5 Å². The van der Waals surface area contributed by atoms with Gasteiger partial charge in [-0.05, 0) is 49.2 Å². The van der Waals surface area contributed by atoms with Crippen LogP contribution in [-0.2, 0) is 0 Å². The molecular weight excluding hydrogens is 413 g/mol. The second-order valence-corrected chi connectivity index (χ2v) is 7.96. The Morgan fingerprint density at radius 2 is 1.79 bits per heavy atom. The summed E-state index contributed by atoms with van der Waals surface area (Å²) < 4.78 is 2.11. The van der Waals surface area contributed by atoms with Crippen molar-refractivity contribution < 1.29 is 0 Å². The standard InChI is InChI=1S/C21H13Cl2N3OS/c1-12-3-6-18(13(2)7-12)26-20(27)19(28-21(26)15(10-24)11-25)9-14-4-5-16(22)17(23)8-14/h3-9H,1-2H3. The zero-order chi connectivity index (χ0) is 20.4. The molecule has 0 aliphatic rings. The number of nitrogens with zero attached hydrogens (tertiary/aromatic N) is 3. The lowest BCUT2D eigenvalue weighted by Gasteiger charge is -2.07. The molecule has 0 radical (unpaired) electrons. The van der Waals surface area contributed by atoms with E-state index in [1.165, 1.54) is 4.57 Å². The topological polar surface area (TPSA) is 69.6 Å². The van der Waals surface area contributed by atoms with E-state index in [1.807, 2.05) is 44.2 Å². The van der Waals surface area contributed by atoms with Crippen LogP contribution in [0.15, 0.2) is 41.2 Å². The molecule has 3 rings (SSSR count). The SMILES string of the molecule is Cc1ccc(-n2c(=C(C#N)C#N)sc(=Cc3ccc(Cl)c(Cl)c3)c2=O)c(C)c1. The molecule has 0 saturated heterocycles. The largest absolute Gasteiger partial charge is 0.273 e. The summed E-state index contributed by atoms with van der Waals surface area (Å²) in [5.74, 6) is 0. The molecule has 1 heterocycles. The minimum Gasteiger partial charge on any atom is -0.267 e. The fourth-order valence-corrected chi connectivity index (χ4v) is 4.15. The highest BCUT2D eigenvalue weighted by atomic mass is 35.5. The van der Waals surface area contributed by atoms with Crippen molar-refractivity contribution in [1.29, 1.82) is 10.5 Å². The normalized spacial score (nSPS) is 11.1. The van der Waals surface area contributed by atoms with E-state index in [0.717, 1.165) is 22.5 Å². The molecule has 2 aromatic carbocycles. The molecule has 0 fully saturated rings. The number of nitriles is 2. The fourth-order valence-electron chi connectivity index (χ4n) is 2.80. The summed E-state index contributed by atoms with van der Waals surface area (Å²) in [7, 11) is 0. The van der Waals surface area contributed by atoms with E-state index in [-0.39, 0.29) is 11.1 Å². The van der Waals surface area contributed by atoms with Crippen LogP contribution in [-0.4, -0.2) is 4.57 Å². The maximum Gasteiger partial charge on any atom is 0.273 e. The quantitative estimate of drug-likeness (QED) is 0.625. The molecule has 0 spiro atoms. The molecule has 0 aliphatic carbocycles. The second kappa shape index (κ2) is 8.04. The third-order valence-electron chi connectivity index (χ3n) is 4.10. The Balaban J connectivity index is 2.41. The van der Waals surface area contributed by atoms with E-state index >= 15 is 0 Å². The van der Waals surface area contributed by atoms with E-state index in [1.54, 1.807) is 24.3 Å². The predicted octanol–water partition coefficient (Wildman–Crippen LogP) is 3.85. The molecule has 0 atom stereocenters. The smallest absolute Gasteiger partial charge is 0.267 e. The van der Waals surface area contributed by atoms with Gasteiger partial charge >= 0.3 is 0 Å². The van der Waals surface area contributed by atoms with Crippen molar-refractivity contribution in [3.05, 3.63) is 82.7 Å². The maximum atomic E-state index is 13.2. The van der Waals surface area contributed by atoms with Gasteiger partial charge in [0.25, 0.3) is 5.56 Å². The van der Waals surface area contributed by atoms with Crippen molar-refractivity contribution in [2.24, 2.45) is 0 Å². The van der Waals surface area contributed by atoms with Crippen LogP contribution < -0.4 is 14.8 Å². The van der Waals surface area contributed by atoms with Gasteiger partial charge < -0.3 is 0 Å². The molecule has 0 aliphatic heterocycles. The minimum atomic E-state index is -0.305. The third kappa shape index (κ3) is 3.74. The number of hydrogen-bond donors (Lipinski definition) is 0. The van der Waals surface area contributed by atoms with Gasteiger partial charge in [0.15, 0.2) is 5.57 Å². The van der Waals surface area contributed by atoms with Crippen LogP contribution in [0.1, 0.15) is 16.7 Å². The maximum absolute atomic E-state index is 13.2. The van der Waals surface area contributed by atoms with Gasteiger partial charge in [0.2, 0.25) is 0 Å². The molecule has 0 bridgehead atoms. The highest BCUT2D eigenvalue weighted by Crippen LogP contribution is 2.22. The monoisotopic (exact) mass is 425 g/mol. The van der Waals surface area contributed by atoms with Gasteiger partial charge in [0.05, 0.1) is 20.3 Å². The van der Waals surface area contributed by atoms with Crippen LogP contribution in [0.4, 0.5) is 0 Å². The fraction of sp³-hybridized carbons (Fsp3) is 0.0952. The number of hydrogen-bond acceptors (Lipinski definition) is 4. The van der Waals surface area contributed by atoms with Gasteiger partial charge in [-0.15, -0.1) is 11.3 Å². The zero-order valence-corrected chi connectivity index (χ0v) is 17.3. The van der Waals surface area contributed by atoms with E-state index in [9.17, 15) is 15.3 Å². The van der Waals surface area contributed by atoms with Crippen molar-refractivity contribution in [2.75, 3.05) is 0 Å². The third-order valence-corrected chi connectivity index (χ3v) is 5.93. The van der Waals surface area contributed by atoms with Crippen molar-refractivity contribution >= 4 is 46.2 Å². The van der Waals surface area contributed by atoms with Crippen LogP contribution in [0.25, 0.3) is 17.3 Å². The van der Waals surface area contributed by atoms with Crippen LogP contribution >= 0.6 is 34.5 Å². The summed E-state index contributed by atoms with van der Waals surface area (Å²) in [4.78, 5) is 13.2. The van der Waals surface area contributed by atoms with E-state index < -0.39 is 0 Å². The van der Waals surface area contributed by atoms with Crippen LogP contribution in [0.5, 0.6) is 0 Å². The van der Waals surface area contributed by atoms with Gasteiger partial charge in [-0.25, -0.2) is 0 Å². The number of aryl methyl sites for hydroxylation is 2. The zero-order valence-electron chi connectivity index (χ0n) is 15.0. The molecule has 7 heteroatoms. The summed E-state index contributed by atoms with van der Waals surface area (Å²) >= 11 is 13.1. The van der Waals surface area contributed by atoms with Gasteiger partial charge in [0.1, 0.15) is 16.8 Å². The summed E-state index contributed by atoms with van der Waals surface area (Å²) in [6.07, 6.45) is 1.67. The van der Waals surface area contributed by atoms with Gasteiger partial charge in [-0.1, -0.05) is 47.0 Å². The average Bonchev–Trinajstić information content (AvgIpc) is 2.96. The summed E-state index contributed by atoms with van der Waals surface area (Å²) in [6, 6.07) is 14.5. The van der Waals surface area contributed by atoms with Crippen molar-refractivity contribution in [1.82, 2.24) is 4.57 Å². The van der Waals surface area contributed by atoms with Crippen molar-refractivity contribution in [3.63, 3.8) is 0 Å². The molecule has 4 nitrogen and oxygen atoms in total. The Morgan fingerprint density at radius 1 is 1.07 bits per heavy atom. The molecule has 0 amide bonds. The number of rotatable bonds is 2. The summed E-state index contributed by atoms with van der Waals surface area (Å²) in [6.45, 7) is 3.84. The first-order chi connectivity index (χ1) is 13.3. The first kappa shape index (κ1) is 19.9. The Hall–Kier alpha value is -2.83. The van der Waals surface area contributed by atoms with E-state index in [4.69, 9.17) is 23.2 Å². The van der Waals surface area contributed by atoms with Gasteiger partial charge in [-0.3, -0.25) is 9.36 Å². The molecule has 28 heavy (non-hydrogen) atoms. The Bertz CT molecular complexity index is 1340. The van der Waals surface area contributed by atoms with E-state index in [0.29, 0.717) is 30.5 Å². The highest BCUT2D eigenvalue weighted by molar-refractivity contribution is 7.07. The molecule has 138 valence electrons. The van der Waals surface area contributed by atoms with Crippen molar-refractivity contribution in [2.45, 2.75) is 13.8 Å². The molecule has 0 saturated carbocycles. The molecule has 0 N–H and O–H groups in total. The average molecular weight is 426 g/mol. The lowest BCUT2D eigenvalue weighted by molar-refractivity contribution is 0.973. The lowest BCUT2D eigenvalue weighted by Crippen LogP contribution is -2.31. The second-order valence-electron chi connectivity index (χ2n) is 6.12. The molecular formula is C21H13Cl2N3OS. The first-order valence-electron chi connectivity index (χ1n) is 8.16. The predicted molar refractivity (Wildman–Crippen MR) is 113 cm³/mol. The van der Waals surface area contributed by atoms with Crippen LogP contribution in [0.2, 0.25) is 10.0 Å².